The van der Waals surface area contributed by atoms with E-state index in [1.807, 2.05) is 34.6 Å². The molecule has 0 unspecified atom stereocenters. The Kier molecular flexibility index (Phi) is 4.12. The summed E-state index contributed by atoms with van der Waals surface area (Å²) in [5.74, 6) is 0. The molecule has 2 aromatic rings. The van der Waals surface area contributed by atoms with Crippen molar-refractivity contribution in [3.63, 3.8) is 0 Å². The third-order valence-corrected chi connectivity index (χ3v) is 5.48. The van der Waals surface area contributed by atoms with Gasteiger partial charge in [0.15, 0.2) is 0 Å². The maximum atomic E-state index is 12.5. The van der Waals surface area contributed by atoms with Crippen molar-refractivity contribution in [1.29, 1.82) is 0 Å². The Hall–Kier alpha value is -1.59. The minimum Gasteiger partial charge on any atom is -0.444 e. The van der Waals surface area contributed by atoms with Crippen LogP contribution < -0.4 is 0 Å². The van der Waals surface area contributed by atoms with Crippen molar-refractivity contribution in [3.8, 4) is 0 Å². The van der Waals surface area contributed by atoms with Crippen LogP contribution in [-0.2, 0) is 4.74 Å². The summed E-state index contributed by atoms with van der Waals surface area (Å²) in [5.41, 5.74) is 0.146. The van der Waals surface area contributed by atoms with Crippen molar-refractivity contribution in [1.82, 2.24) is 9.88 Å². The first-order chi connectivity index (χ1) is 11.1. The standard InChI is InChI=1S/C18H21ClN2O2S/c1-17(2,3)23-16(22)21-9-7-12(18(21,4)5)14-10-11-13(19)6-8-20-15(11)24-14/h6-8,10H,9H2,1-5H3. The van der Waals surface area contributed by atoms with Crippen LogP contribution >= 0.6 is 22.9 Å². The van der Waals surface area contributed by atoms with E-state index < -0.39 is 11.1 Å². The lowest BCUT2D eigenvalue weighted by molar-refractivity contribution is 0.0172. The van der Waals surface area contributed by atoms with E-state index in [1.165, 1.54) is 0 Å². The summed E-state index contributed by atoms with van der Waals surface area (Å²) in [4.78, 5) is 20.7. The summed E-state index contributed by atoms with van der Waals surface area (Å²) >= 11 is 7.86. The number of pyridine rings is 1. The van der Waals surface area contributed by atoms with Gasteiger partial charge < -0.3 is 4.74 Å². The number of nitrogens with zero attached hydrogens (tertiary/aromatic N) is 2. The van der Waals surface area contributed by atoms with Crippen LogP contribution in [0.2, 0.25) is 5.02 Å². The van der Waals surface area contributed by atoms with Gasteiger partial charge >= 0.3 is 6.09 Å². The molecule has 4 nitrogen and oxygen atoms in total. The number of fused-ring (bicyclic) bond motifs is 1. The number of halogens is 1. The molecule has 6 heteroatoms. The predicted octanol–water partition coefficient (Wildman–Crippen LogP) is 5.36. The number of thiophene rings is 1. The summed E-state index contributed by atoms with van der Waals surface area (Å²) in [6.45, 7) is 10.2. The maximum absolute atomic E-state index is 12.5. The van der Waals surface area contributed by atoms with Crippen molar-refractivity contribution in [2.75, 3.05) is 6.54 Å². The van der Waals surface area contributed by atoms with E-state index in [4.69, 9.17) is 16.3 Å². The summed E-state index contributed by atoms with van der Waals surface area (Å²) in [5, 5.41) is 1.65. The molecule has 0 saturated heterocycles. The van der Waals surface area contributed by atoms with Gasteiger partial charge in [0, 0.05) is 23.0 Å². The Morgan fingerprint density at radius 2 is 2.12 bits per heavy atom. The van der Waals surface area contributed by atoms with Crippen molar-refractivity contribution >= 4 is 44.8 Å². The lowest BCUT2D eigenvalue weighted by Gasteiger charge is -2.35. The number of amides is 1. The molecule has 0 spiro atoms. The van der Waals surface area contributed by atoms with Crippen molar-refractivity contribution < 1.29 is 9.53 Å². The fourth-order valence-corrected chi connectivity index (χ4v) is 4.35. The van der Waals surface area contributed by atoms with Crippen LogP contribution in [0.25, 0.3) is 15.8 Å². The van der Waals surface area contributed by atoms with E-state index in [1.54, 1.807) is 28.5 Å². The van der Waals surface area contributed by atoms with Crippen LogP contribution in [0.5, 0.6) is 0 Å². The molecule has 3 rings (SSSR count). The highest BCUT2D eigenvalue weighted by Crippen LogP contribution is 2.42. The Bertz CT molecular complexity index is 833. The van der Waals surface area contributed by atoms with Crippen LogP contribution in [0.1, 0.15) is 39.5 Å². The number of hydrogen-bond donors (Lipinski definition) is 0. The SMILES string of the molecule is CC(C)(C)OC(=O)N1CC=C(c2cc3c(Cl)ccnc3s2)C1(C)C. The van der Waals surface area contributed by atoms with Crippen molar-refractivity contribution in [2.45, 2.75) is 45.8 Å². The molecule has 0 fully saturated rings. The van der Waals surface area contributed by atoms with Gasteiger partial charge in [0.1, 0.15) is 10.4 Å². The molecule has 2 aromatic heterocycles. The van der Waals surface area contributed by atoms with Crippen LogP contribution in [-0.4, -0.2) is 33.7 Å². The summed E-state index contributed by atoms with van der Waals surface area (Å²) in [6.07, 6.45) is 3.50. The van der Waals surface area contributed by atoms with E-state index in [9.17, 15) is 4.79 Å². The number of rotatable bonds is 1. The van der Waals surface area contributed by atoms with Crippen LogP contribution in [0.15, 0.2) is 24.4 Å². The monoisotopic (exact) mass is 364 g/mol. The van der Waals surface area contributed by atoms with Gasteiger partial charge in [-0.25, -0.2) is 9.78 Å². The van der Waals surface area contributed by atoms with Gasteiger partial charge in [-0.2, -0.15) is 0 Å². The fraction of sp³-hybridized carbons (Fsp3) is 0.444. The first-order valence-corrected chi connectivity index (χ1v) is 9.05. The zero-order valence-corrected chi connectivity index (χ0v) is 16.1. The Morgan fingerprint density at radius 3 is 2.75 bits per heavy atom. The number of hydrogen-bond acceptors (Lipinski definition) is 4. The second-order valence-corrected chi connectivity index (χ2v) is 8.83. The molecule has 1 aliphatic heterocycles. The second-order valence-electron chi connectivity index (χ2n) is 7.39. The topological polar surface area (TPSA) is 42.4 Å². The number of aromatic nitrogens is 1. The zero-order chi connectivity index (χ0) is 17.7. The molecule has 24 heavy (non-hydrogen) atoms. The average molecular weight is 365 g/mol. The van der Waals surface area contributed by atoms with Gasteiger partial charge in [-0.15, -0.1) is 11.3 Å². The molecule has 3 heterocycles. The van der Waals surface area contributed by atoms with E-state index in [-0.39, 0.29) is 6.09 Å². The zero-order valence-electron chi connectivity index (χ0n) is 14.5. The van der Waals surface area contributed by atoms with Gasteiger partial charge in [-0.1, -0.05) is 17.7 Å². The normalized spacial score (nSPS) is 17.2. The highest BCUT2D eigenvalue weighted by Gasteiger charge is 2.41. The minimum absolute atomic E-state index is 0.295. The molecule has 0 bridgehead atoms. The van der Waals surface area contributed by atoms with Crippen molar-refractivity contribution in [2.24, 2.45) is 0 Å². The third kappa shape index (κ3) is 3.03. The largest absolute Gasteiger partial charge is 0.444 e. The van der Waals surface area contributed by atoms with Crippen molar-refractivity contribution in [3.05, 3.63) is 34.3 Å². The molecule has 0 radical (unpaired) electrons. The molecule has 0 N–H and O–H groups in total. The molecule has 0 aliphatic carbocycles. The van der Waals surface area contributed by atoms with Crippen LogP contribution in [0.4, 0.5) is 4.79 Å². The smallest absolute Gasteiger partial charge is 0.411 e. The maximum Gasteiger partial charge on any atom is 0.411 e. The van der Waals surface area contributed by atoms with Crippen LogP contribution in [0, 0.1) is 0 Å². The number of carbonyl (C=O) groups is 1. The van der Waals surface area contributed by atoms with Crippen LogP contribution in [0.3, 0.4) is 0 Å². The molecule has 1 aliphatic rings. The van der Waals surface area contributed by atoms with Gasteiger partial charge in [-0.05, 0) is 52.3 Å². The van der Waals surface area contributed by atoms with E-state index in [0.717, 1.165) is 20.7 Å². The van der Waals surface area contributed by atoms with E-state index in [2.05, 4.69) is 17.1 Å². The first kappa shape index (κ1) is 17.2. The predicted molar refractivity (Wildman–Crippen MR) is 99.6 cm³/mol. The van der Waals surface area contributed by atoms with Gasteiger partial charge in [0.2, 0.25) is 0 Å². The Labute approximate surface area is 151 Å². The lowest BCUT2D eigenvalue weighted by Crippen LogP contribution is -2.46. The fourth-order valence-electron chi connectivity index (χ4n) is 2.87. The first-order valence-electron chi connectivity index (χ1n) is 7.85. The second kappa shape index (κ2) is 5.74. The van der Waals surface area contributed by atoms with Gasteiger partial charge in [0.05, 0.1) is 10.6 Å². The molecular formula is C18H21ClN2O2S. The minimum atomic E-state index is -0.509. The summed E-state index contributed by atoms with van der Waals surface area (Å²) < 4.78 is 5.54. The van der Waals surface area contributed by atoms with E-state index in [0.29, 0.717) is 11.6 Å². The Morgan fingerprint density at radius 1 is 1.42 bits per heavy atom. The van der Waals surface area contributed by atoms with E-state index >= 15 is 0 Å². The molecular weight excluding hydrogens is 344 g/mol. The lowest BCUT2D eigenvalue weighted by atomic mass is 9.94. The molecule has 0 saturated carbocycles. The molecule has 0 aromatic carbocycles. The molecule has 128 valence electrons. The number of ether oxygens (including phenoxy) is 1. The quantitative estimate of drug-likeness (QED) is 0.683. The van der Waals surface area contributed by atoms with Gasteiger partial charge in [-0.3, -0.25) is 4.90 Å². The van der Waals surface area contributed by atoms with Gasteiger partial charge in [0.25, 0.3) is 0 Å². The summed E-state index contributed by atoms with van der Waals surface area (Å²) in [6, 6.07) is 3.85. The third-order valence-electron chi connectivity index (χ3n) is 4.07. The Balaban J connectivity index is 1.92. The molecule has 0 atom stereocenters. The highest BCUT2D eigenvalue weighted by molar-refractivity contribution is 7.19. The average Bonchev–Trinajstić information content (AvgIpc) is 2.97. The summed E-state index contributed by atoms with van der Waals surface area (Å²) in [7, 11) is 0. The molecule has 1 amide bonds. The highest BCUT2D eigenvalue weighted by atomic mass is 35.5. The number of carbonyl (C=O) groups excluding carboxylic acids is 1.